The maximum absolute atomic E-state index is 11.6. The van der Waals surface area contributed by atoms with E-state index in [2.05, 4.69) is 55.4 Å². The lowest BCUT2D eigenvalue weighted by molar-refractivity contribution is -0.121. The molecule has 5 heteroatoms. The summed E-state index contributed by atoms with van der Waals surface area (Å²) >= 11 is 0. The first-order valence-corrected chi connectivity index (χ1v) is 10.2. The summed E-state index contributed by atoms with van der Waals surface area (Å²) in [5, 5.41) is 6.17. The predicted molar refractivity (Wildman–Crippen MR) is 113 cm³/mol. The first-order chi connectivity index (χ1) is 12.9. The maximum atomic E-state index is 11.6. The van der Waals surface area contributed by atoms with Crippen LogP contribution in [0.3, 0.4) is 0 Å². The number of aryl methyl sites for hydroxylation is 3. The quantitative estimate of drug-likeness (QED) is 0.596. The van der Waals surface area contributed by atoms with Gasteiger partial charge in [-0.2, -0.15) is 0 Å². The summed E-state index contributed by atoms with van der Waals surface area (Å²) in [6.45, 7) is 12.3. The van der Waals surface area contributed by atoms with Crippen LogP contribution in [0.25, 0.3) is 0 Å². The normalized spacial score (nSPS) is 15.7. The summed E-state index contributed by atoms with van der Waals surface area (Å²) in [7, 11) is 1.71. The molecule has 5 nitrogen and oxygen atoms in total. The van der Waals surface area contributed by atoms with E-state index < -0.39 is 0 Å². The third kappa shape index (κ3) is 6.26. The van der Waals surface area contributed by atoms with E-state index in [1.54, 1.807) is 7.05 Å². The van der Waals surface area contributed by atoms with Crippen molar-refractivity contribution in [3.05, 3.63) is 34.4 Å². The predicted octanol–water partition coefficient (Wildman–Crippen LogP) is 2.97. The van der Waals surface area contributed by atoms with Crippen molar-refractivity contribution in [1.82, 2.24) is 15.5 Å². The Labute approximate surface area is 164 Å². The van der Waals surface area contributed by atoms with E-state index >= 15 is 0 Å². The summed E-state index contributed by atoms with van der Waals surface area (Å²) in [6, 6.07) is 4.52. The van der Waals surface area contributed by atoms with Crippen molar-refractivity contribution in [1.29, 1.82) is 0 Å². The summed E-state index contributed by atoms with van der Waals surface area (Å²) in [5.41, 5.74) is 5.47. The Balaban J connectivity index is 1.94. The average molecular weight is 373 g/mol. The van der Waals surface area contributed by atoms with Crippen LogP contribution in [-0.2, 0) is 11.2 Å². The minimum absolute atomic E-state index is 0.151. The van der Waals surface area contributed by atoms with Crippen LogP contribution in [-0.4, -0.2) is 50.0 Å². The number of aliphatic imine (C=N–C) groups is 1. The molecule has 1 saturated heterocycles. The first kappa shape index (κ1) is 21.3. The van der Waals surface area contributed by atoms with Crippen LogP contribution in [0.15, 0.2) is 17.1 Å². The monoisotopic (exact) mass is 372 g/mol. The van der Waals surface area contributed by atoms with Gasteiger partial charge in [-0.15, -0.1) is 0 Å². The minimum Gasteiger partial charge on any atom is -0.359 e. The molecule has 27 heavy (non-hydrogen) atoms. The van der Waals surface area contributed by atoms with Gasteiger partial charge in [0, 0.05) is 39.6 Å². The van der Waals surface area contributed by atoms with Gasteiger partial charge in [0.25, 0.3) is 0 Å². The van der Waals surface area contributed by atoms with Gasteiger partial charge < -0.3 is 15.5 Å². The lowest BCUT2D eigenvalue weighted by Gasteiger charge is -2.34. The highest BCUT2D eigenvalue weighted by Gasteiger charge is 2.23. The molecule has 0 unspecified atom stereocenters. The fourth-order valence-electron chi connectivity index (χ4n) is 4.02. The van der Waals surface area contributed by atoms with Crippen LogP contribution < -0.4 is 10.6 Å². The fourth-order valence-corrected chi connectivity index (χ4v) is 4.02. The number of carbonyl (C=O) groups excluding carboxylic acids is 1. The van der Waals surface area contributed by atoms with Crippen LogP contribution in [0.4, 0.5) is 0 Å². The second-order valence-corrected chi connectivity index (χ2v) is 7.67. The average Bonchev–Trinajstić information content (AvgIpc) is 2.63. The second-order valence-electron chi connectivity index (χ2n) is 7.67. The summed E-state index contributed by atoms with van der Waals surface area (Å²) in [5.74, 6) is 1.65. The molecule has 1 heterocycles. The van der Waals surface area contributed by atoms with Crippen LogP contribution in [0.1, 0.15) is 48.4 Å². The Kier molecular flexibility index (Phi) is 8.14. The molecule has 0 aliphatic carbocycles. The molecule has 0 spiro atoms. The zero-order valence-corrected chi connectivity index (χ0v) is 17.7. The van der Waals surface area contributed by atoms with Gasteiger partial charge >= 0.3 is 0 Å². The highest BCUT2D eigenvalue weighted by Crippen LogP contribution is 2.21. The Morgan fingerprint density at radius 2 is 1.81 bits per heavy atom. The smallest absolute Gasteiger partial charge is 0.220 e. The van der Waals surface area contributed by atoms with Gasteiger partial charge in [-0.3, -0.25) is 9.79 Å². The van der Waals surface area contributed by atoms with Gasteiger partial charge in [0.15, 0.2) is 5.96 Å². The second kappa shape index (κ2) is 10.3. The number of benzene rings is 1. The number of nitrogens with one attached hydrogen (secondary N) is 2. The number of piperidine rings is 1. The van der Waals surface area contributed by atoms with Crippen LogP contribution in [0.5, 0.6) is 0 Å². The van der Waals surface area contributed by atoms with Crippen LogP contribution in [0.2, 0.25) is 0 Å². The summed E-state index contributed by atoms with van der Waals surface area (Å²) < 4.78 is 0. The molecule has 1 aromatic carbocycles. The molecule has 0 saturated carbocycles. The van der Waals surface area contributed by atoms with Gasteiger partial charge in [-0.1, -0.05) is 17.7 Å². The highest BCUT2D eigenvalue weighted by molar-refractivity contribution is 5.80. The van der Waals surface area contributed by atoms with E-state index in [-0.39, 0.29) is 5.91 Å². The minimum atomic E-state index is 0.151. The lowest BCUT2D eigenvalue weighted by Crippen LogP contribution is -2.46. The number of rotatable bonds is 6. The molecule has 0 aromatic heterocycles. The van der Waals surface area contributed by atoms with E-state index in [1.807, 2.05) is 0 Å². The number of carbonyl (C=O) groups is 1. The van der Waals surface area contributed by atoms with E-state index in [9.17, 15) is 4.79 Å². The lowest BCUT2D eigenvalue weighted by atomic mass is 9.93. The molecule has 1 aromatic rings. The molecular weight excluding hydrogens is 336 g/mol. The van der Waals surface area contributed by atoms with Gasteiger partial charge in [0.2, 0.25) is 5.91 Å². The molecule has 1 amide bonds. The van der Waals surface area contributed by atoms with Crippen molar-refractivity contribution in [2.45, 2.75) is 53.4 Å². The number of nitrogens with zero attached hydrogens (tertiary/aromatic N) is 2. The number of guanidine groups is 1. The molecule has 0 atom stereocenters. The van der Waals surface area contributed by atoms with E-state index in [4.69, 9.17) is 4.99 Å². The van der Waals surface area contributed by atoms with Gasteiger partial charge in [0.1, 0.15) is 0 Å². The van der Waals surface area contributed by atoms with Crippen molar-refractivity contribution in [2.75, 3.05) is 33.2 Å². The summed E-state index contributed by atoms with van der Waals surface area (Å²) in [6.07, 6.45) is 3.71. The fraction of sp³-hybridized carbons (Fsp3) is 0.636. The SMILES string of the molecule is CCNC(=NCCc1c(C)cc(C)cc1C)N1CCC(CC(=O)NC)CC1. The Morgan fingerprint density at radius 1 is 1.19 bits per heavy atom. The first-order valence-electron chi connectivity index (χ1n) is 10.2. The topological polar surface area (TPSA) is 56.7 Å². The Morgan fingerprint density at radius 3 is 2.37 bits per heavy atom. The molecule has 2 N–H and O–H groups in total. The molecular formula is C22H36N4O. The van der Waals surface area contributed by atoms with Gasteiger partial charge in [-0.25, -0.2) is 0 Å². The zero-order chi connectivity index (χ0) is 19.8. The Bertz CT molecular complexity index is 637. The molecule has 150 valence electrons. The van der Waals surface area contributed by atoms with Crippen molar-refractivity contribution in [3.63, 3.8) is 0 Å². The molecule has 1 aliphatic heterocycles. The number of hydrogen-bond donors (Lipinski definition) is 2. The standard InChI is InChI=1S/C22H36N4O/c1-6-24-22(26-11-8-19(9-12-26)15-21(27)23-5)25-10-7-20-17(3)13-16(2)14-18(20)4/h13-14,19H,6-12,15H2,1-5H3,(H,23,27)(H,24,25). The zero-order valence-electron chi connectivity index (χ0n) is 17.7. The van der Waals surface area contributed by atoms with Gasteiger partial charge in [-0.05, 0) is 69.6 Å². The third-order valence-corrected chi connectivity index (χ3v) is 5.47. The number of hydrogen-bond acceptors (Lipinski definition) is 2. The Hall–Kier alpha value is -2.04. The van der Waals surface area contributed by atoms with Crippen LogP contribution in [0, 0.1) is 26.7 Å². The molecule has 1 fully saturated rings. The number of likely N-dealkylation sites (tertiary alicyclic amines) is 1. The van der Waals surface area contributed by atoms with E-state index in [0.717, 1.165) is 51.4 Å². The van der Waals surface area contributed by atoms with E-state index in [0.29, 0.717) is 12.3 Å². The third-order valence-electron chi connectivity index (χ3n) is 5.47. The largest absolute Gasteiger partial charge is 0.359 e. The van der Waals surface area contributed by atoms with Crippen LogP contribution >= 0.6 is 0 Å². The molecule has 1 aliphatic rings. The maximum Gasteiger partial charge on any atom is 0.220 e. The van der Waals surface area contributed by atoms with Gasteiger partial charge in [0.05, 0.1) is 0 Å². The molecule has 2 rings (SSSR count). The van der Waals surface area contributed by atoms with Crippen molar-refractivity contribution < 1.29 is 4.79 Å². The summed E-state index contributed by atoms with van der Waals surface area (Å²) in [4.78, 5) is 18.8. The molecule has 0 bridgehead atoms. The highest BCUT2D eigenvalue weighted by atomic mass is 16.1. The van der Waals surface area contributed by atoms with E-state index in [1.165, 1.54) is 22.3 Å². The molecule has 0 radical (unpaired) electrons. The van der Waals surface area contributed by atoms with Crippen molar-refractivity contribution >= 4 is 11.9 Å². The number of amides is 1. The van der Waals surface area contributed by atoms with Crippen molar-refractivity contribution in [2.24, 2.45) is 10.9 Å². The van der Waals surface area contributed by atoms with Crippen molar-refractivity contribution in [3.8, 4) is 0 Å².